The Morgan fingerprint density at radius 1 is 1.04 bits per heavy atom. The fourth-order valence-corrected chi connectivity index (χ4v) is 3.56. The zero-order valence-corrected chi connectivity index (χ0v) is 17.1. The van der Waals surface area contributed by atoms with Gasteiger partial charge in [0.15, 0.2) is 9.84 Å². The predicted octanol–water partition coefficient (Wildman–Crippen LogP) is 1.79. The number of carbonyl (C=O) groups is 2. The average molecular weight is 398 g/mol. The Bertz CT molecular complexity index is 821. The van der Waals surface area contributed by atoms with Crippen molar-refractivity contribution in [1.29, 1.82) is 0 Å². The minimum absolute atomic E-state index is 0.0248. The molecule has 0 radical (unpaired) electrons. The molecule has 1 aliphatic heterocycles. The maximum atomic E-state index is 12.7. The molecule has 0 atom stereocenters. The summed E-state index contributed by atoms with van der Waals surface area (Å²) in [6.07, 6.45) is 0.664. The molecule has 0 N–H and O–H groups in total. The van der Waals surface area contributed by atoms with Gasteiger partial charge in [-0.15, -0.1) is 0 Å². The van der Waals surface area contributed by atoms with Crippen LogP contribution in [0.4, 0.5) is 4.79 Å². The third kappa shape index (κ3) is 5.35. The van der Waals surface area contributed by atoms with Crippen molar-refractivity contribution in [2.24, 2.45) is 0 Å². The Balaban J connectivity index is 2.09. The summed E-state index contributed by atoms with van der Waals surface area (Å²) in [7, 11) is -2.16. The molecule has 8 nitrogen and oxygen atoms in total. The Morgan fingerprint density at radius 3 is 2.07 bits per heavy atom. The van der Waals surface area contributed by atoms with E-state index < -0.39 is 21.5 Å². The Hall–Kier alpha value is -2.29. The van der Waals surface area contributed by atoms with E-state index in [1.165, 1.54) is 25.3 Å². The molecule has 0 spiro atoms. The largest absolute Gasteiger partial charge is 0.495 e. The van der Waals surface area contributed by atoms with Crippen molar-refractivity contribution in [3.63, 3.8) is 0 Å². The summed E-state index contributed by atoms with van der Waals surface area (Å²) in [4.78, 5) is 28.0. The fourth-order valence-electron chi connectivity index (χ4n) is 2.70. The molecule has 0 bridgehead atoms. The summed E-state index contributed by atoms with van der Waals surface area (Å²) in [6.45, 7) is 6.80. The van der Waals surface area contributed by atoms with Gasteiger partial charge in [-0.25, -0.2) is 13.2 Å². The molecule has 27 heavy (non-hydrogen) atoms. The van der Waals surface area contributed by atoms with E-state index in [4.69, 9.17) is 9.47 Å². The standard InChI is InChI=1S/C18H26N2O6S/c1-18(2,3)26-17(22)20-10-8-19(9-11-20)16(21)13-6-7-14(25-4)15(12-13)27(5,23)24/h6-7,12H,8-11H2,1-5H3. The number of methoxy groups -OCH3 is 1. The van der Waals surface area contributed by atoms with Crippen molar-refractivity contribution in [1.82, 2.24) is 9.80 Å². The van der Waals surface area contributed by atoms with Crippen LogP contribution in [0.5, 0.6) is 5.75 Å². The van der Waals surface area contributed by atoms with Crippen LogP contribution >= 0.6 is 0 Å². The molecule has 1 aliphatic rings. The molecule has 0 unspecified atom stereocenters. The van der Waals surface area contributed by atoms with Gasteiger partial charge in [-0.1, -0.05) is 0 Å². The summed E-state index contributed by atoms with van der Waals surface area (Å²) < 4.78 is 34.3. The van der Waals surface area contributed by atoms with Crippen LogP contribution in [0.15, 0.2) is 23.1 Å². The summed E-state index contributed by atoms with van der Waals surface area (Å²) >= 11 is 0. The number of rotatable bonds is 3. The molecule has 150 valence electrons. The number of amides is 2. The van der Waals surface area contributed by atoms with Gasteiger partial charge in [0.25, 0.3) is 5.91 Å². The Morgan fingerprint density at radius 2 is 1.59 bits per heavy atom. The fraction of sp³-hybridized carbons (Fsp3) is 0.556. The molecular formula is C18H26N2O6S. The van der Waals surface area contributed by atoms with Gasteiger partial charge >= 0.3 is 6.09 Å². The van der Waals surface area contributed by atoms with Crippen LogP contribution in [-0.2, 0) is 14.6 Å². The second kappa shape index (κ2) is 7.75. The van der Waals surface area contributed by atoms with E-state index >= 15 is 0 Å². The quantitative estimate of drug-likeness (QED) is 0.771. The molecule has 0 aromatic heterocycles. The predicted molar refractivity (Wildman–Crippen MR) is 99.8 cm³/mol. The molecule has 2 amide bonds. The normalized spacial score (nSPS) is 15.4. The highest BCUT2D eigenvalue weighted by Gasteiger charge is 2.28. The van der Waals surface area contributed by atoms with Crippen LogP contribution in [0.25, 0.3) is 0 Å². The lowest BCUT2D eigenvalue weighted by Gasteiger charge is -2.35. The molecule has 1 saturated heterocycles. The van der Waals surface area contributed by atoms with Crippen LogP contribution < -0.4 is 4.74 Å². The molecule has 0 saturated carbocycles. The Labute approximate surface area is 160 Å². The molecule has 1 fully saturated rings. The summed E-state index contributed by atoms with van der Waals surface area (Å²) in [6, 6.07) is 4.34. The number of sulfone groups is 1. The third-order valence-corrected chi connectivity index (χ3v) is 5.15. The van der Waals surface area contributed by atoms with Gasteiger partial charge in [-0.2, -0.15) is 0 Å². The van der Waals surface area contributed by atoms with Gasteiger partial charge in [0, 0.05) is 38.0 Å². The number of hydrogen-bond donors (Lipinski definition) is 0. The summed E-state index contributed by atoms with van der Waals surface area (Å²) in [5.74, 6) is -0.0878. The van der Waals surface area contributed by atoms with Gasteiger partial charge in [0.2, 0.25) is 0 Å². The SMILES string of the molecule is COc1ccc(C(=O)N2CCN(C(=O)OC(C)(C)C)CC2)cc1S(C)(=O)=O. The number of piperazine rings is 1. The van der Waals surface area contributed by atoms with Crippen LogP contribution in [0.1, 0.15) is 31.1 Å². The highest BCUT2D eigenvalue weighted by molar-refractivity contribution is 7.90. The molecule has 9 heteroatoms. The minimum atomic E-state index is -3.53. The zero-order valence-electron chi connectivity index (χ0n) is 16.3. The second-order valence-electron chi connectivity index (χ2n) is 7.40. The van der Waals surface area contributed by atoms with Crippen molar-refractivity contribution < 1.29 is 27.5 Å². The first-order chi connectivity index (χ1) is 12.4. The number of ether oxygens (including phenoxy) is 2. The topological polar surface area (TPSA) is 93.2 Å². The third-order valence-electron chi connectivity index (χ3n) is 4.03. The van der Waals surface area contributed by atoms with Crippen molar-refractivity contribution >= 4 is 21.8 Å². The number of hydrogen-bond acceptors (Lipinski definition) is 6. The van der Waals surface area contributed by atoms with E-state index in [0.717, 1.165) is 6.26 Å². The van der Waals surface area contributed by atoms with E-state index in [0.29, 0.717) is 26.2 Å². The number of benzene rings is 1. The van der Waals surface area contributed by atoms with E-state index in [2.05, 4.69) is 0 Å². The van der Waals surface area contributed by atoms with Crippen molar-refractivity contribution in [3.05, 3.63) is 23.8 Å². The smallest absolute Gasteiger partial charge is 0.410 e. The molecule has 0 aliphatic carbocycles. The first-order valence-electron chi connectivity index (χ1n) is 8.57. The maximum absolute atomic E-state index is 12.7. The molecular weight excluding hydrogens is 372 g/mol. The summed E-state index contributed by atoms with van der Waals surface area (Å²) in [5.41, 5.74) is -0.309. The Kier molecular flexibility index (Phi) is 6.04. The molecule has 2 rings (SSSR count). The first kappa shape index (κ1) is 21.0. The molecule has 1 heterocycles. The lowest BCUT2D eigenvalue weighted by molar-refractivity contribution is 0.0141. The van der Waals surface area contributed by atoms with E-state index in [9.17, 15) is 18.0 Å². The summed E-state index contributed by atoms with van der Waals surface area (Å²) in [5, 5.41) is 0. The van der Waals surface area contributed by atoms with Gasteiger partial charge in [-0.05, 0) is 39.0 Å². The van der Waals surface area contributed by atoms with Gasteiger partial charge in [0.05, 0.1) is 7.11 Å². The van der Waals surface area contributed by atoms with E-state index in [1.807, 2.05) is 0 Å². The maximum Gasteiger partial charge on any atom is 0.410 e. The van der Waals surface area contributed by atoms with Crippen LogP contribution in [0.2, 0.25) is 0 Å². The monoisotopic (exact) mass is 398 g/mol. The van der Waals surface area contributed by atoms with Gasteiger partial charge < -0.3 is 19.3 Å². The number of carbonyl (C=O) groups excluding carboxylic acids is 2. The van der Waals surface area contributed by atoms with Crippen molar-refractivity contribution in [2.45, 2.75) is 31.3 Å². The zero-order chi connectivity index (χ0) is 20.4. The highest BCUT2D eigenvalue weighted by Crippen LogP contribution is 2.25. The lowest BCUT2D eigenvalue weighted by Crippen LogP contribution is -2.51. The van der Waals surface area contributed by atoms with Crippen LogP contribution in [-0.4, -0.2) is 75.4 Å². The lowest BCUT2D eigenvalue weighted by atomic mass is 10.1. The highest BCUT2D eigenvalue weighted by atomic mass is 32.2. The second-order valence-corrected chi connectivity index (χ2v) is 9.38. The van der Waals surface area contributed by atoms with Gasteiger partial charge in [0.1, 0.15) is 16.2 Å². The van der Waals surface area contributed by atoms with Crippen molar-refractivity contribution in [3.8, 4) is 5.75 Å². The first-order valence-corrected chi connectivity index (χ1v) is 10.5. The minimum Gasteiger partial charge on any atom is -0.495 e. The van der Waals surface area contributed by atoms with Crippen LogP contribution in [0.3, 0.4) is 0 Å². The van der Waals surface area contributed by atoms with E-state index in [-0.39, 0.29) is 22.1 Å². The van der Waals surface area contributed by atoms with Crippen LogP contribution in [0, 0.1) is 0 Å². The molecule has 1 aromatic carbocycles. The van der Waals surface area contributed by atoms with Crippen molar-refractivity contribution in [2.75, 3.05) is 39.5 Å². The number of nitrogens with zero attached hydrogens (tertiary/aromatic N) is 2. The molecule has 1 aromatic rings. The van der Waals surface area contributed by atoms with E-state index in [1.54, 1.807) is 30.6 Å². The average Bonchev–Trinajstić information content (AvgIpc) is 2.58. The van der Waals surface area contributed by atoms with Gasteiger partial charge in [-0.3, -0.25) is 4.79 Å².